The quantitative estimate of drug-likeness (QED) is 0.369. The van der Waals surface area contributed by atoms with Gasteiger partial charge in [-0.15, -0.1) is 0 Å². The van der Waals surface area contributed by atoms with Gasteiger partial charge in [-0.25, -0.2) is 0 Å². The van der Waals surface area contributed by atoms with Crippen molar-refractivity contribution >= 4 is 6.21 Å². The van der Waals surface area contributed by atoms with E-state index in [1.807, 2.05) is 32.0 Å². The smallest absolute Gasteiger partial charge is 0.127 e. The number of hydrogen-bond acceptors (Lipinski definition) is 3. The highest BCUT2D eigenvalue weighted by Crippen LogP contribution is 2.48. The van der Waals surface area contributed by atoms with E-state index < -0.39 is 0 Å². The van der Waals surface area contributed by atoms with Gasteiger partial charge < -0.3 is 9.94 Å². The first-order chi connectivity index (χ1) is 13.0. The first kappa shape index (κ1) is 20.4. The third kappa shape index (κ3) is 3.80. The van der Waals surface area contributed by atoms with Crippen LogP contribution in [0.25, 0.3) is 11.1 Å². The number of rotatable bonds is 4. The summed E-state index contributed by atoms with van der Waals surface area (Å²) in [5.74, 6) is 0.862. The van der Waals surface area contributed by atoms with Gasteiger partial charge in [-0.2, -0.15) is 0 Å². The van der Waals surface area contributed by atoms with Gasteiger partial charge in [0.25, 0.3) is 0 Å². The predicted molar refractivity (Wildman–Crippen MR) is 117 cm³/mol. The SMILES string of the molecule is Cc1cc2c(cc1-c1cc(/C=N/O)ccc1OC(C)C)C(C)(C)CCC2(C)C. The Bertz CT molecular complexity index is 907. The predicted octanol–water partition coefficient (Wildman–Crippen LogP) is 6.61. The summed E-state index contributed by atoms with van der Waals surface area (Å²) < 4.78 is 6.12. The standard InChI is InChI=1S/C25H33NO2/c1-16(2)28-23-9-8-18(15-26-27)13-20(23)19-14-22-21(12-17(19)3)24(4,5)10-11-25(22,6)7/h8-9,12-16,27H,10-11H2,1-7H3/b26-15+. The van der Waals surface area contributed by atoms with Crippen molar-refractivity contribution in [1.29, 1.82) is 0 Å². The Labute approximate surface area is 169 Å². The van der Waals surface area contributed by atoms with E-state index in [4.69, 9.17) is 9.94 Å². The minimum absolute atomic E-state index is 0.0874. The number of benzene rings is 2. The van der Waals surface area contributed by atoms with Gasteiger partial charge in [0.15, 0.2) is 0 Å². The lowest BCUT2D eigenvalue weighted by atomic mass is 9.62. The van der Waals surface area contributed by atoms with Gasteiger partial charge in [0.2, 0.25) is 0 Å². The Kier molecular flexibility index (Phi) is 5.31. The van der Waals surface area contributed by atoms with Crippen LogP contribution in [0.4, 0.5) is 0 Å². The van der Waals surface area contributed by atoms with Crippen LogP contribution in [0.15, 0.2) is 35.5 Å². The minimum Gasteiger partial charge on any atom is -0.490 e. The third-order valence-corrected chi connectivity index (χ3v) is 6.06. The molecule has 2 aromatic rings. The Balaban J connectivity index is 2.25. The van der Waals surface area contributed by atoms with Crippen LogP contribution in [0.1, 0.15) is 76.6 Å². The van der Waals surface area contributed by atoms with E-state index in [9.17, 15) is 0 Å². The van der Waals surface area contributed by atoms with E-state index in [-0.39, 0.29) is 16.9 Å². The molecule has 3 heteroatoms. The maximum absolute atomic E-state index is 8.97. The maximum Gasteiger partial charge on any atom is 0.127 e. The van der Waals surface area contributed by atoms with Gasteiger partial charge in [0.1, 0.15) is 5.75 Å². The molecule has 0 bridgehead atoms. The van der Waals surface area contributed by atoms with E-state index in [1.54, 1.807) is 0 Å². The fourth-order valence-electron chi connectivity index (χ4n) is 4.27. The van der Waals surface area contributed by atoms with Crippen LogP contribution < -0.4 is 4.74 Å². The first-order valence-electron chi connectivity index (χ1n) is 10.2. The molecule has 0 saturated carbocycles. The topological polar surface area (TPSA) is 41.8 Å². The van der Waals surface area contributed by atoms with E-state index in [1.165, 1.54) is 41.3 Å². The summed E-state index contributed by atoms with van der Waals surface area (Å²) in [5, 5.41) is 12.2. The van der Waals surface area contributed by atoms with E-state index in [2.05, 4.69) is 51.9 Å². The molecule has 28 heavy (non-hydrogen) atoms. The van der Waals surface area contributed by atoms with Crippen molar-refractivity contribution in [3.05, 3.63) is 52.6 Å². The van der Waals surface area contributed by atoms with Gasteiger partial charge in [0.05, 0.1) is 12.3 Å². The molecule has 1 aliphatic rings. The van der Waals surface area contributed by atoms with E-state index >= 15 is 0 Å². The molecule has 1 aliphatic carbocycles. The molecule has 0 aliphatic heterocycles. The molecule has 0 fully saturated rings. The van der Waals surface area contributed by atoms with Crippen LogP contribution in [0.3, 0.4) is 0 Å². The molecule has 2 aromatic carbocycles. The Morgan fingerprint density at radius 2 is 1.57 bits per heavy atom. The molecule has 0 spiro atoms. The fourth-order valence-corrected chi connectivity index (χ4v) is 4.27. The lowest BCUT2D eigenvalue weighted by Crippen LogP contribution is -2.34. The number of aryl methyl sites for hydroxylation is 1. The zero-order valence-corrected chi connectivity index (χ0v) is 18.3. The van der Waals surface area contributed by atoms with Crippen LogP contribution in [0, 0.1) is 6.92 Å². The molecule has 3 rings (SSSR count). The van der Waals surface area contributed by atoms with Crippen LogP contribution >= 0.6 is 0 Å². The van der Waals surface area contributed by atoms with Gasteiger partial charge in [-0.3, -0.25) is 0 Å². The summed E-state index contributed by atoms with van der Waals surface area (Å²) in [5.41, 5.74) is 7.57. The lowest BCUT2D eigenvalue weighted by molar-refractivity contribution is 0.243. The van der Waals surface area contributed by atoms with Crippen molar-refractivity contribution in [2.75, 3.05) is 0 Å². The molecule has 0 radical (unpaired) electrons. The monoisotopic (exact) mass is 379 g/mol. The highest BCUT2D eigenvalue weighted by Gasteiger charge is 2.37. The molecule has 150 valence electrons. The summed E-state index contributed by atoms with van der Waals surface area (Å²) in [7, 11) is 0. The number of hydrogen-bond donors (Lipinski definition) is 1. The second-order valence-electron chi connectivity index (χ2n) is 9.65. The van der Waals surface area contributed by atoms with Crippen molar-refractivity contribution in [3.8, 4) is 16.9 Å². The number of nitrogens with zero attached hydrogens (tertiary/aromatic N) is 1. The molecule has 0 saturated heterocycles. The van der Waals surface area contributed by atoms with Gasteiger partial charge in [-0.1, -0.05) is 38.9 Å². The molecule has 3 nitrogen and oxygen atoms in total. The van der Waals surface area contributed by atoms with Crippen molar-refractivity contribution < 1.29 is 9.94 Å². The van der Waals surface area contributed by atoms with Gasteiger partial charge >= 0.3 is 0 Å². The normalized spacial score (nSPS) is 17.7. The highest BCUT2D eigenvalue weighted by atomic mass is 16.5. The summed E-state index contributed by atoms with van der Waals surface area (Å²) in [6.45, 7) is 15.7. The first-order valence-corrected chi connectivity index (χ1v) is 10.2. The molecule has 0 aromatic heterocycles. The fraction of sp³-hybridized carbons (Fsp3) is 0.480. The van der Waals surface area contributed by atoms with Crippen molar-refractivity contribution in [2.45, 2.75) is 78.2 Å². The summed E-state index contributed by atoms with van der Waals surface area (Å²) in [4.78, 5) is 0. The maximum atomic E-state index is 8.97. The second kappa shape index (κ2) is 7.27. The molecular weight excluding hydrogens is 346 g/mol. The third-order valence-electron chi connectivity index (χ3n) is 6.06. The molecule has 0 atom stereocenters. The Morgan fingerprint density at radius 3 is 2.14 bits per heavy atom. The number of fused-ring (bicyclic) bond motifs is 1. The summed E-state index contributed by atoms with van der Waals surface area (Å²) in [6, 6.07) is 10.7. The zero-order chi connectivity index (χ0) is 20.7. The molecule has 0 heterocycles. The summed E-state index contributed by atoms with van der Waals surface area (Å²) >= 11 is 0. The van der Waals surface area contributed by atoms with Crippen molar-refractivity contribution in [2.24, 2.45) is 5.16 Å². The van der Waals surface area contributed by atoms with Gasteiger partial charge in [0, 0.05) is 5.56 Å². The second-order valence-corrected chi connectivity index (χ2v) is 9.65. The van der Waals surface area contributed by atoms with Crippen LogP contribution in [-0.4, -0.2) is 17.5 Å². The molecule has 0 amide bonds. The van der Waals surface area contributed by atoms with Crippen LogP contribution in [-0.2, 0) is 10.8 Å². The Hall–Kier alpha value is -2.29. The zero-order valence-electron chi connectivity index (χ0n) is 18.3. The lowest BCUT2D eigenvalue weighted by Gasteiger charge is -2.42. The van der Waals surface area contributed by atoms with E-state index in [0.717, 1.165) is 16.9 Å². The average molecular weight is 380 g/mol. The van der Waals surface area contributed by atoms with Crippen LogP contribution in [0.5, 0.6) is 5.75 Å². The van der Waals surface area contributed by atoms with Crippen LogP contribution in [0.2, 0.25) is 0 Å². The van der Waals surface area contributed by atoms with Gasteiger partial charge in [-0.05, 0) is 96.5 Å². The Morgan fingerprint density at radius 1 is 0.964 bits per heavy atom. The molecule has 1 N–H and O–H groups in total. The summed E-state index contributed by atoms with van der Waals surface area (Å²) in [6.07, 6.45) is 3.94. The van der Waals surface area contributed by atoms with Crippen molar-refractivity contribution in [1.82, 2.24) is 0 Å². The number of ether oxygens (including phenoxy) is 1. The minimum atomic E-state index is 0.0874. The van der Waals surface area contributed by atoms with Crippen molar-refractivity contribution in [3.63, 3.8) is 0 Å². The highest BCUT2D eigenvalue weighted by molar-refractivity contribution is 5.85. The molecular formula is C25H33NO2. The van der Waals surface area contributed by atoms with E-state index in [0.29, 0.717) is 0 Å². The largest absolute Gasteiger partial charge is 0.490 e. The molecule has 0 unspecified atom stereocenters. The number of oxime groups is 1. The average Bonchev–Trinajstić information content (AvgIpc) is 2.60.